The molecular weight excluding hydrogens is 272 g/mol. The van der Waals surface area contributed by atoms with Gasteiger partial charge in [-0.2, -0.15) is 0 Å². The lowest BCUT2D eigenvalue weighted by Crippen LogP contribution is -2.53. The van der Waals surface area contributed by atoms with Crippen LogP contribution in [0.15, 0.2) is 24.3 Å². The molecule has 16 heavy (non-hydrogen) atoms. The number of carbonyl (C=O) groups excluding carboxylic acids is 2. The van der Waals surface area contributed by atoms with Crippen LogP contribution in [0, 0.1) is 5.92 Å². The molecule has 1 aromatic rings. The fourth-order valence-corrected chi connectivity index (χ4v) is 2.69. The van der Waals surface area contributed by atoms with Gasteiger partial charge in [-0.05, 0) is 0 Å². The van der Waals surface area contributed by atoms with E-state index in [2.05, 4.69) is 15.9 Å². The van der Waals surface area contributed by atoms with Gasteiger partial charge in [0.25, 0.3) is 0 Å². The van der Waals surface area contributed by atoms with Crippen molar-refractivity contribution in [1.29, 1.82) is 0 Å². The number of benzene rings is 1. The van der Waals surface area contributed by atoms with Crippen molar-refractivity contribution in [3.63, 3.8) is 0 Å². The van der Waals surface area contributed by atoms with Crippen LogP contribution >= 0.6 is 15.9 Å². The minimum Gasteiger partial charge on any atom is -0.380 e. The molecular formula is C12H11BrO3. The molecule has 0 aliphatic heterocycles. The minimum atomic E-state index is -1.62. The van der Waals surface area contributed by atoms with Crippen LogP contribution in [0.1, 0.15) is 27.6 Å². The van der Waals surface area contributed by atoms with Crippen LogP contribution in [-0.2, 0) is 0 Å². The lowest BCUT2D eigenvalue weighted by atomic mass is 9.72. The Bertz CT molecular complexity index is 469. The van der Waals surface area contributed by atoms with Gasteiger partial charge in [0.2, 0.25) is 0 Å². The average molecular weight is 283 g/mol. The number of hydrogen-bond donors (Lipinski definition) is 1. The van der Waals surface area contributed by atoms with Crippen LogP contribution in [0.4, 0.5) is 0 Å². The van der Waals surface area contributed by atoms with Crippen LogP contribution in [0.5, 0.6) is 0 Å². The molecule has 0 unspecified atom stereocenters. The molecule has 0 bridgehead atoms. The largest absolute Gasteiger partial charge is 0.380 e. The quantitative estimate of drug-likeness (QED) is 0.800. The summed E-state index contributed by atoms with van der Waals surface area (Å²) in [6.07, 6.45) is 0. The van der Waals surface area contributed by atoms with Gasteiger partial charge in [-0.25, -0.2) is 0 Å². The molecule has 1 N–H and O–H groups in total. The minimum absolute atomic E-state index is 0.0695. The van der Waals surface area contributed by atoms with Gasteiger partial charge < -0.3 is 5.11 Å². The van der Waals surface area contributed by atoms with Crippen molar-refractivity contribution in [3.05, 3.63) is 35.4 Å². The Labute approximate surface area is 102 Å². The second-order valence-electron chi connectivity index (χ2n) is 4.02. The highest BCUT2D eigenvalue weighted by Gasteiger charge is 2.49. The maximum Gasteiger partial charge on any atom is 0.196 e. The third kappa shape index (κ3) is 1.37. The second-order valence-corrected chi connectivity index (χ2v) is 4.58. The van der Waals surface area contributed by atoms with Gasteiger partial charge in [0.15, 0.2) is 11.6 Å². The topological polar surface area (TPSA) is 54.4 Å². The summed E-state index contributed by atoms with van der Waals surface area (Å²) in [5, 5.41) is 10.3. The van der Waals surface area contributed by atoms with Crippen molar-refractivity contribution in [2.75, 3.05) is 5.33 Å². The van der Waals surface area contributed by atoms with Crippen LogP contribution < -0.4 is 0 Å². The second kappa shape index (κ2) is 3.79. The lowest BCUT2D eigenvalue weighted by Gasteiger charge is -2.34. The fourth-order valence-electron chi connectivity index (χ4n) is 1.95. The molecule has 1 aromatic carbocycles. The maximum absolute atomic E-state index is 12.1. The number of carbonyl (C=O) groups is 2. The maximum atomic E-state index is 12.1. The van der Waals surface area contributed by atoms with E-state index in [1.807, 2.05) is 0 Å². The predicted octanol–water partition coefficient (Wildman–Crippen LogP) is 1.83. The molecule has 1 aliphatic carbocycles. The number of alkyl halides is 1. The first-order valence-corrected chi connectivity index (χ1v) is 6.11. The van der Waals surface area contributed by atoms with E-state index in [4.69, 9.17) is 0 Å². The summed E-state index contributed by atoms with van der Waals surface area (Å²) < 4.78 is 0. The molecule has 4 heteroatoms. The van der Waals surface area contributed by atoms with Gasteiger partial charge in [-0.3, -0.25) is 9.59 Å². The SMILES string of the molecule is C[C@@H]1C(=O)c2ccccc2C(=O)[C@@]1(O)CBr. The summed E-state index contributed by atoms with van der Waals surface area (Å²) in [7, 11) is 0. The summed E-state index contributed by atoms with van der Waals surface area (Å²) in [5.41, 5.74) is -0.899. The monoisotopic (exact) mass is 282 g/mol. The van der Waals surface area contributed by atoms with Crippen molar-refractivity contribution in [3.8, 4) is 0 Å². The van der Waals surface area contributed by atoms with Gasteiger partial charge in [-0.15, -0.1) is 0 Å². The highest BCUT2D eigenvalue weighted by molar-refractivity contribution is 9.09. The summed E-state index contributed by atoms with van der Waals surface area (Å²) >= 11 is 3.10. The van der Waals surface area contributed by atoms with Crippen LogP contribution in [0.3, 0.4) is 0 Å². The third-order valence-corrected chi connectivity index (χ3v) is 4.00. The molecule has 0 radical (unpaired) electrons. The zero-order valence-corrected chi connectivity index (χ0v) is 10.3. The molecule has 0 amide bonds. The van der Waals surface area contributed by atoms with Crippen LogP contribution in [-0.4, -0.2) is 27.6 Å². The van der Waals surface area contributed by atoms with Crippen LogP contribution in [0.2, 0.25) is 0 Å². The third-order valence-electron chi connectivity index (χ3n) is 3.14. The number of aliphatic hydroxyl groups is 1. The van der Waals surface area contributed by atoms with Crippen molar-refractivity contribution < 1.29 is 14.7 Å². The van der Waals surface area contributed by atoms with Crippen molar-refractivity contribution in [2.45, 2.75) is 12.5 Å². The Kier molecular flexibility index (Phi) is 2.72. The Morgan fingerprint density at radius 2 is 1.88 bits per heavy atom. The molecule has 0 aromatic heterocycles. The summed E-state index contributed by atoms with van der Waals surface area (Å²) in [4.78, 5) is 24.1. The molecule has 0 spiro atoms. The standard InChI is InChI=1S/C12H11BrO3/c1-7-10(14)8-4-2-3-5-9(8)11(15)12(7,16)6-13/h2-5,7,16H,6H2,1H3/t7-,12-/m1/s1. The smallest absolute Gasteiger partial charge is 0.196 e. The molecule has 3 nitrogen and oxygen atoms in total. The normalized spacial score (nSPS) is 29.1. The first-order chi connectivity index (χ1) is 7.52. The lowest BCUT2D eigenvalue weighted by molar-refractivity contribution is 0.0146. The predicted molar refractivity (Wildman–Crippen MR) is 63.0 cm³/mol. The van der Waals surface area contributed by atoms with E-state index < -0.39 is 11.5 Å². The van der Waals surface area contributed by atoms with E-state index in [1.54, 1.807) is 31.2 Å². The number of hydrogen-bond acceptors (Lipinski definition) is 3. The molecule has 1 aliphatic rings. The molecule has 0 saturated carbocycles. The van der Waals surface area contributed by atoms with E-state index in [9.17, 15) is 14.7 Å². The van der Waals surface area contributed by atoms with Crippen molar-refractivity contribution >= 4 is 27.5 Å². The first kappa shape index (κ1) is 11.5. The van der Waals surface area contributed by atoms with Gasteiger partial charge in [-0.1, -0.05) is 47.1 Å². The summed E-state index contributed by atoms with van der Waals surface area (Å²) in [5.74, 6) is -1.28. The molecule has 0 heterocycles. The van der Waals surface area contributed by atoms with Gasteiger partial charge in [0, 0.05) is 16.5 Å². The number of rotatable bonds is 1. The highest BCUT2D eigenvalue weighted by atomic mass is 79.9. The summed E-state index contributed by atoms with van der Waals surface area (Å²) in [6, 6.07) is 6.61. The Morgan fingerprint density at radius 3 is 2.44 bits per heavy atom. The number of ketones is 2. The van der Waals surface area contributed by atoms with Gasteiger partial charge >= 0.3 is 0 Å². The summed E-state index contributed by atoms with van der Waals surface area (Å²) in [6.45, 7) is 1.58. The van der Waals surface area contributed by atoms with E-state index >= 15 is 0 Å². The first-order valence-electron chi connectivity index (χ1n) is 4.98. The molecule has 84 valence electrons. The molecule has 0 saturated heterocycles. The van der Waals surface area contributed by atoms with Crippen molar-refractivity contribution in [1.82, 2.24) is 0 Å². The van der Waals surface area contributed by atoms with Crippen LogP contribution in [0.25, 0.3) is 0 Å². The van der Waals surface area contributed by atoms with E-state index in [0.29, 0.717) is 11.1 Å². The number of halogens is 1. The van der Waals surface area contributed by atoms with Gasteiger partial charge in [0.05, 0.1) is 5.92 Å². The Balaban J connectivity index is 2.66. The zero-order chi connectivity index (χ0) is 11.9. The Hall–Kier alpha value is -1.00. The highest BCUT2D eigenvalue weighted by Crippen LogP contribution is 2.34. The Morgan fingerprint density at radius 1 is 1.31 bits per heavy atom. The zero-order valence-electron chi connectivity index (χ0n) is 8.74. The molecule has 2 rings (SSSR count). The average Bonchev–Trinajstić information content (AvgIpc) is 2.33. The van der Waals surface area contributed by atoms with E-state index in [0.717, 1.165) is 0 Å². The fraction of sp³-hybridized carbons (Fsp3) is 0.333. The molecule has 0 fully saturated rings. The van der Waals surface area contributed by atoms with E-state index in [-0.39, 0.29) is 16.9 Å². The molecule has 2 atom stereocenters. The number of fused-ring (bicyclic) bond motifs is 1. The van der Waals surface area contributed by atoms with E-state index in [1.165, 1.54) is 0 Å². The van der Waals surface area contributed by atoms with Crippen molar-refractivity contribution in [2.24, 2.45) is 5.92 Å². The van der Waals surface area contributed by atoms with Gasteiger partial charge in [0.1, 0.15) is 5.60 Å². The number of Topliss-reactive ketones (excluding diaryl/α,β-unsaturated/α-hetero) is 2.